The molecule has 0 spiro atoms. The van der Waals surface area contributed by atoms with E-state index in [4.69, 9.17) is 12.2 Å². The van der Waals surface area contributed by atoms with Crippen molar-refractivity contribution in [2.75, 3.05) is 0 Å². The van der Waals surface area contributed by atoms with Crippen LogP contribution in [0.3, 0.4) is 0 Å². The number of ketones is 1. The first-order valence-electron chi connectivity index (χ1n) is 4.91. The third kappa shape index (κ3) is 2.75. The maximum absolute atomic E-state index is 11.8. The van der Waals surface area contributed by atoms with Crippen LogP contribution in [0, 0.1) is 0 Å². The molecule has 1 aliphatic rings. The van der Waals surface area contributed by atoms with Crippen molar-refractivity contribution in [2.24, 2.45) is 0 Å². The van der Waals surface area contributed by atoms with Crippen molar-refractivity contribution in [3.8, 4) is 0 Å². The number of rotatable bonds is 3. The maximum Gasteiger partial charge on any atom is 0.195 e. The number of carbonyl (C=O) groups is 1. The van der Waals surface area contributed by atoms with Crippen molar-refractivity contribution in [3.63, 3.8) is 0 Å². The van der Waals surface area contributed by atoms with Crippen LogP contribution in [-0.2, 0) is 0 Å². The lowest BCUT2D eigenvalue weighted by molar-refractivity contribution is 0.0955. The Morgan fingerprint density at radius 2 is 1.81 bits per heavy atom. The third-order valence-corrected chi connectivity index (χ3v) is 2.41. The second-order valence-electron chi connectivity index (χ2n) is 3.41. The molecule has 0 aliphatic carbocycles. The summed E-state index contributed by atoms with van der Waals surface area (Å²) in [4.78, 5) is 11.8. The van der Waals surface area contributed by atoms with E-state index in [0.29, 0.717) is 17.1 Å². The lowest BCUT2D eigenvalue weighted by Crippen LogP contribution is -2.66. The van der Waals surface area contributed by atoms with Crippen molar-refractivity contribution in [1.82, 2.24) is 21.7 Å². The Bertz CT molecular complexity index is 385. The van der Waals surface area contributed by atoms with E-state index in [0.717, 1.165) is 0 Å². The van der Waals surface area contributed by atoms with Crippen LogP contribution in [0.4, 0.5) is 0 Å². The van der Waals surface area contributed by atoms with Crippen molar-refractivity contribution >= 4 is 23.1 Å². The number of thiocarbonyl (C=S) groups is 1. The lowest BCUT2D eigenvalue weighted by Gasteiger charge is -2.27. The molecular formula is C10H12N4OS. The summed E-state index contributed by atoms with van der Waals surface area (Å²) in [7, 11) is 0. The highest BCUT2D eigenvalue weighted by Gasteiger charge is 2.17. The fraction of sp³-hybridized carbons (Fsp3) is 0.200. The number of Topliss-reactive ketones (excluding diaryl/α,β-unsaturated/α-hetero) is 1. The Kier molecular flexibility index (Phi) is 3.45. The lowest BCUT2D eigenvalue weighted by atomic mass is 10.1. The molecule has 4 N–H and O–H groups in total. The Labute approximate surface area is 98.5 Å². The summed E-state index contributed by atoms with van der Waals surface area (Å²) in [6.45, 7) is 0. The molecule has 0 saturated carbocycles. The van der Waals surface area contributed by atoms with Gasteiger partial charge in [-0.3, -0.25) is 15.6 Å². The predicted octanol–water partition coefficient (Wildman–Crippen LogP) is 0.0724. The normalized spacial score (nSPS) is 16.4. The molecule has 6 heteroatoms. The molecule has 5 nitrogen and oxygen atoms in total. The third-order valence-electron chi connectivity index (χ3n) is 2.21. The summed E-state index contributed by atoms with van der Waals surface area (Å²) < 4.78 is 0. The first-order chi connectivity index (χ1) is 7.75. The number of hydrogen-bond acceptors (Lipinski definition) is 4. The van der Waals surface area contributed by atoms with Crippen LogP contribution in [0.2, 0.25) is 0 Å². The van der Waals surface area contributed by atoms with Crippen LogP contribution in [-0.4, -0.2) is 17.1 Å². The molecule has 1 heterocycles. The molecule has 84 valence electrons. The Hall–Kier alpha value is -1.50. The van der Waals surface area contributed by atoms with E-state index in [1.807, 2.05) is 18.2 Å². The van der Waals surface area contributed by atoms with Gasteiger partial charge < -0.3 is 0 Å². The second-order valence-corrected chi connectivity index (χ2v) is 3.82. The zero-order chi connectivity index (χ0) is 11.4. The van der Waals surface area contributed by atoms with Gasteiger partial charge in [0, 0.05) is 12.0 Å². The fourth-order valence-corrected chi connectivity index (χ4v) is 1.52. The van der Waals surface area contributed by atoms with E-state index in [-0.39, 0.29) is 11.9 Å². The topological polar surface area (TPSA) is 65.2 Å². The number of carbonyl (C=O) groups excluding carboxylic acids is 1. The van der Waals surface area contributed by atoms with Crippen LogP contribution in [0.1, 0.15) is 16.8 Å². The smallest absolute Gasteiger partial charge is 0.195 e. The summed E-state index contributed by atoms with van der Waals surface area (Å²) >= 11 is 4.83. The molecule has 0 aromatic heterocycles. The van der Waals surface area contributed by atoms with E-state index in [1.165, 1.54) is 0 Å². The molecule has 0 radical (unpaired) electrons. The monoisotopic (exact) mass is 236 g/mol. The molecule has 0 bridgehead atoms. The van der Waals surface area contributed by atoms with Gasteiger partial charge in [0.25, 0.3) is 0 Å². The average molecular weight is 236 g/mol. The summed E-state index contributed by atoms with van der Waals surface area (Å²) in [5.41, 5.74) is 12.0. The van der Waals surface area contributed by atoms with Crippen molar-refractivity contribution in [3.05, 3.63) is 35.9 Å². The minimum Gasteiger partial charge on any atom is -0.296 e. The molecule has 1 fully saturated rings. The van der Waals surface area contributed by atoms with Crippen LogP contribution < -0.4 is 21.7 Å². The molecule has 1 saturated heterocycles. The van der Waals surface area contributed by atoms with Gasteiger partial charge in [0.05, 0.1) is 6.17 Å². The van der Waals surface area contributed by atoms with Gasteiger partial charge >= 0.3 is 0 Å². The van der Waals surface area contributed by atoms with E-state index in [9.17, 15) is 4.79 Å². The molecule has 0 unspecified atom stereocenters. The van der Waals surface area contributed by atoms with Crippen molar-refractivity contribution in [2.45, 2.75) is 12.6 Å². The zero-order valence-corrected chi connectivity index (χ0v) is 9.30. The van der Waals surface area contributed by atoms with E-state index in [2.05, 4.69) is 21.7 Å². The van der Waals surface area contributed by atoms with Crippen molar-refractivity contribution in [1.29, 1.82) is 0 Å². The molecular weight excluding hydrogens is 224 g/mol. The quantitative estimate of drug-likeness (QED) is 0.440. The molecule has 2 rings (SSSR count). The molecule has 1 aromatic carbocycles. The number of hydrazine groups is 2. The predicted molar refractivity (Wildman–Crippen MR) is 64.3 cm³/mol. The van der Waals surface area contributed by atoms with Gasteiger partial charge in [-0.1, -0.05) is 30.3 Å². The first kappa shape index (κ1) is 11.0. The summed E-state index contributed by atoms with van der Waals surface area (Å²) in [6, 6.07) is 9.18. The molecule has 0 amide bonds. The second kappa shape index (κ2) is 5.02. The van der Waals surface area contributed by atoms with Gasteiger partial charge in [0.1, 0.15) is 0 Å². The average Bonchev–Trinajstić information content (AvgIpc) is 2.33. The number of nitrogens with one attached hydrogen (secondary N) is 4. The van der Waals surface area contributed by atoms with Crippen LogP contribution in [0.25, 0.3) is 0 Å². The molecule has 0 atom stereocenters. The summed E-state index contributed by atoms with van der Waals surface area (Å²) in [6.07, 6.45) is 0.159. The van der Waals surface area contributed by atoms with Crippen molar-refractivity contribution < 1.29 is 4.79 Å². The van der Waals surface area contributed by atoms with Gasteiger partial charge in [-0.25, -0.2) is 10.9 Å². The van der Waals surface area contributed by atoms with Gasteiger partial charge in [-0.05, 0) is 12.2 Å². The van der Waals surface area contributed by atoms with Crippen LogP contribution in [0.5, 0.6) is 0 Å². The molecule has 1 aromatic rings. The van der Waals surface area contributed by atoms with E-state index >= 15 is 0 Å². The highest BCUT2D eigenvalue weighted by molar-refractivity contribution is 7.80. The first-order valence-corrected chi connectivity index (χ1v) is 5.32. The van der Waals surface area contributed by atoms with Crippen LogP contribution >= 0.6 is 12.2 Å². The Morgan fingerprint density at radius 1 is 1.19 bits per heavy atom. The minimum atomic E-state index is -0.181. The summed E-state index contributed by atoms with van der Waals surface area (Å²) in [5.74, 6) is 0.0713. The molecule has 16 heavy (non-hydrogen) atoms. The maximum atomic E-state index is 11.8. The van der Waals surface area contributed by atoms with Gasteiger partial charge in [-0.15, -0.1) is 0 Å². The zero-order valence-electron chi connectivity index (χ0n) is 8.49. The van der Waals surface area contributed by atoms with Crippen LogP contribution in [0.15, 0.2) is 30.3 Å². The van der Waals surface area contributed by atoms with Gasteiger partial charge in [0.15, 0.2) is 10.9 Å². The fourth-order valence-electron chi connectivity index (χ4n) is 1.40. The SMILES string of the molecule is O=C(CC1NNC(=S)NN1)c1ccccc1. The number of hydrogen-bond donors (Lipinski definition) is 4. The summed E-state index contributed by atoms with van der Waals surface area (Å²) in [5, 5.41) is 0.461. The van der Waals surface area contributed by atoms with E-state index in [1.54, 1.807) is 12.1 Å². The highest BCUT2D eigenvalue weighted by atomic mass is 32.1. The largest absolute Gasteiger partial charge is 0.296 e. The minimum absolute atomic E-state index is 0.0713. The Balaban J connectivity index is 1.91. The van der Waals surface area contributed by atoms with Gasteiger partial charge in [0.2, 0.25) is 0 Å². The Morgan fingerprint density at radius 3 is 2.44 bits per heavy atom. The number of benzene rings is 1. The highest BCUT2D eigenvalue weighted by Crippen LogP contribution is 2.04. The van der Waals surface area contributed by atoms with Gasteiger partial charge in [-0.2, -0.15) is 0 Å². The standard InChI is InChI=1S/C10H12N4OS/c15-8(7-4-2-1-3-5-7)6-9-11-13-10(16)14-12-9/h1-5,9,11-12H,6H2,(H2,13,14,16). The van der Waals surface area contributed by atoms with E-state index < -0.39 is 0 Å². The molecule has 1 aliphatic heterocycles.